The van der Waals surface area contributed by atoms with E-state index in [1.807, 2.05) is 25.1 Å². The molecule has 3 aromatic carbocycles. The smallest absolute Gasteiger partial charge is 0.410 e. The first-order valence-electron chi connectivity index (χ1n) is 25.6. The summed E-state index contributed by atoms with van der Waals surface area (Å²) < 4.78 is 25.0. The molecule has 2 saturated heterocycles. The molecule has 5 bridgehead atoms. The number of likely N-dealkylation sites (tertiary alicyclic amines) is 2. The number of carbonyl (C=O) groups excluding carboxylic acids is 3. The van der Waals surface area contributed by atoms with Crippen molar-refractivity contribution in [3.05, 3.63) is 93.9 Å². The number of aromatic hydroxyl groups is 2. The van der Waals surface area contributed by atoms with E-state index in [4.69, 9.17) is 28.9 Å². The number of piperidine rings is 2. The molecule has 1 spiro atoms. The summed E-state index contributed by atoms with van der Waals surface area (Å²) in [5.74, 6) is -5.76. The lowest BCUT2D eigenvalue weighted by atomic mass is 9.78. The van der Waals surface area contributed by atoms with Crippen molar-refractivity contribution in [2.45, 2.75) is 130 Å². The monoisotopic (exact) mass is 992 g/mol. The lowest BCUT2D eigenvalue weighted by Gasteiger charge is -2.39. The number of fused-ring (bicyclic) bond motifs is 13. The van der Waals surface area contributed by atoms with Crippen LogP contribution in [0.4, 0.5) is 10.5 Å². The maximum atomic E-state index is 15.0. The van der Waals surface area contributed by atoms with E-state index in [9.17, 15) is 34.8 Å². The van der Waals surface area contributed by atoms with Gasteiger partial charge in [0.2, 0.25) is 0 Å². The molecule has 16 nitrogen and oxygen atoms in total. The molecule has 5 N–H and O–H groups in total. The molecule has 0 aliphatic carbocycles. The van der Waals surface area contributed by atoms with Crippen LogP contribution in [0.3, 0.4) is 0 Å². The van der Waals surface area contributed by atoms with Crippen molar-refractivity contribution in [1.29, 1.82) is 0 Å². The van der Waals surface area contributed by atoms with Gasteiger partial charge in [0.25, 0.3) is 11.7 Å². The van der Waals surface area contributed by atoms with E-state index in [0.29, 0.717) is 50.9 Å². The number of rotatable bonds is 5. The summed E-state index contributed by atoms with van der Waals surface area (Å²) in [6.45, 7) is 19.4. The van der Waals surface area contributed by atoms with E-state index in [1.54, 1.807) is 63.8 Å². The summed E-state index contributed by atoms with van der Waals surface area (Å²) in [5.41, 5.74) is 0.643. The number of aliphatic hydroxyl groups is 2. The Hall–Kier alpha value is -5.81. The quantitative estimate of drug-likeness (QED) is 0.161. The number of methoxy groups -OCH3 is 1. The van der Waals surface area contributed by atoms with E-state index in [0.717, 1.165) is 19.4 Å². The van der Waals surface area contributed by atoms with Crippen LogP contribution in [0.5, 0.6) is 17.2 Å². The van der Waals surface area contributed by atoms with Crippen molar-refractivity contribution >= 4 is 34.2 Å². The number of benzene rings is 3. The Morgan fingerprint density at radius 1 is 0.889 bits per heavy atom. The van der Waals surface area contributed by atoms with Gasteiger partial charge in [-0.05, 0) is 50.2 Å². The van der Waals surface area contributed by atoms with Crippen molar-refractivity contribution in [2.75, 3.05) is 45.2 Å². The van der Waals surface area contributed by atoms with Gasteiger partial charge in [-0.15, -0.1) is 0 Å². The molecule has 0 radical (unpaired) electrons. The maximum Gasteiger partial charge on any atom is 0.410 e. The second-order valence-electron chi connectivity index (χ2n) is 21.4. The summed E-state index contributed by atoms with van der Waals surface area (Å²) >= 11 is 0. The van der Waals surface area contributed by atoms with Crippen LogP contribution in [-0.2, 0) is 19.0 Å². The number of aliphatic hydroxyl groups excluding tert-OH is 2. The van der Waals surface area contributed by atoms with Gasteiger partial charge >= 0.3 is 11.9 Å². The third kappa shape index (κ3) is 9.99. The zero-order valence-electron chi connectivity index (χ0n) is 43.3. The minimum Gasteiger partial charge on any atom is -0.507 e. The number of phenolic OH excluding ortho intramolecular Hbond substituents is 2. The minimum atomic E-state index is -1.98. The number of nitrogens with one attached hydrogen (secondary N) is 1. The van der Waals surface area contributed by atoms with Crippen LogP contribution < -0.4 is 20.8 Å². The van der Waals surface area contributed by atoms with Crippen molar-refractivity contribution in [2.24, 2.45) is 39.6 Å². The lowest BCUT2D eigenvalue weighted by Crippen LogP contribution is -2.49. The molecule has 3 aromatic rings. The van der Waals surface area contributed by atoms with Crippen molar-refractivity contribution in [3.8, 4) is 17.2 Å². The average Bonchev–Trinajstić information content (AvgIpc) is 3.87. The first-order chi connectivity index (χ1) is 34.2. The number of amides is 2. The maximum absolute atomic E-state index is 15.0. The van der Waals surface area contributed by atoms with Gasteiger partial charge in [0, 0.05) is 99.8 Å². The van der Waals surface area contributed by atoms with E-state index in [1.165, 1.54) is 25.9 Å². The van der Waals surface area contributed by atoms with Gasteiger partial charge < -0.3 is 54.5 Å². The van der Waals surface area contributed by atoms with Crippen LogP contribution in [0.1, 0.15) is 108 Å². The molecule has 0 saturated carbocycles. The van der Waals surface area contributed by atoms with Gasteiger partial charge in [-0.3, -0.25) is 19.6 Å². The SMILES string of the molecule is CO[C@H]1/C=C/O[C@@]2(C)Oc3c(C)c(O)c4c(O)c(c5c(c4c3C2=O)=NC2(CCN(CC(C)C)CC2)N=5)NC(=O)/C(C)=C\C=C\C(C)[C@H](O)[C@@H](C)[C@@H](O)[C@@H](C)[C@H](OC(=O)N2CCC(c3ccccc3)CC2)[C@@H]1C. The van der Waals surface area contributed by atoms with Crippen LogP contribution >= 0.6 is 0 Å². The molecule has 6 heterocycles. The highest BCUT2D eigenvalue weighted by Gasteiger charge is 2.50. The average molecular weight is 992 g/mol. The van der Waals surface area contributed by atoms with Gasteiger partial charge in [0.1, 0.15) is 28.6 Å². The van der Waals surface area contributed by atoms with Crippen molar-refractivity contribution < 1.29 is 53.8 Å². The number of ketones is 1. The number of ether oxygens (including phenoxy) is 4. The van der Waals surface area contributed by atoms with E-state index >= 15 is 0 Å². The second-order valence-corrected chi connectivity index (χ2v) is 21.4. The molecule has 2 fully saturated rings. The molecular weight excluding hydrogens is 919 g/mol. The highest BCUT2D eigenvalue weighted by Crippen LogP contribution is 2.50. The van der Waals surface area contributed by atoms with Crippen LogP contribution in [0.2, 0.25) is 0 Å². The summed E-state index contributed by atoms with van der Waals surface area (Å²) in [6.07, 6.45) is 5.98. The van der Waals surface area contributed by atoms with Crippen LogP contribution in [0, 0.1) is 36.5 Å². The number of phenols is 2. The molecule has 72 heavy (non-hydrogen) atoms. The Kier molecular flexibility index (Phi) is 15.3. The molecule has 388 valence electrons. The minimum absolute atomic E-state index is 0.0363. The fraction of sp³-hybridized carbons (Fsp3) is 0.554. The summed E-state index contributed by atoms with van der Waals surface area (Å²) in [7, 11) is 1.50. The van der Waals surface area contributed by atoms with Gasteiger partial charge in [-0.1, -0.05) is 90.1 Å². The van der Waals surface area contributed by atoms with E-state index in [-0.39, 0.29) is 55.4 Å². The van der Waals surface area contributed by atoms with Crippen LogP contribution in [0.15, 0.2) is 76.5 Å². The number of nitrogens with zero attached hydrogens (tertiary/aromatic N) is 4. The second kappa shape index (κ2) is 21.0. The highest BCUT2D eigenvalue weighted by molar-refractivity contribution is 6.19. The van der Waals surface area contributed by atoms with Gasteiger partial charge in [-0.2, -0.15) is 0 Å². The third-order valence-corrected chi connectivity index (χ3v) is 15.8. The first kappa shape index (κ1) is 52.5. The molecule has 1 unspecified atom stereocenters. The first-order valence-corrected chi connectivity index (χ1v) is 25.6. The third-order valence-electron chi connectivity index (χ3n) is 15.8. The number of Topliss-reactive ketones (excluding diaryl/α,β-unsaturated/α-hetero) is 1. The lowest BCUT2D eigenvalue weighted by molar-refractivity contribution is -0.112. The zero-order chi connectivity index (χ0) is 52.0. The van der Waals surface area contributed by atoms with Crippen molar-refractivity contribution in [3.63, 3.8) is 0 Å². The Morgan fingerprint density at radius 3 is 2.21 bits per heavy atom. The predicted molar refractivity (Wildman–Crippen MR) is 272 cm³/mol. The van der Waals surface area contributed by atoms with E-state index < -0.39 is 83.1 Å². The van der Waals surface area contributed by atoms with Crippen molar-refractivity contribution in [1.82, 2.24) is 9.80 Å². The number of anilines is 1. The molecule has 9 atom stereocenters. The molecule has 16 heteroatoms. The Bertz CT molecular complexity index is 2780. The number of hydrogen-bond donors (Lipinski definition) is 5. The molecule has 2 amide bonds. The number of carbonyl (C=O) groups is 3. The molecular formula is C56H73N5O11. The largest absolute Gasteiger partial charge is 0.507 e. The Balaban J connectivity index is 1.19. The predicted octanol–water partition coefficient (Wildman–Crippen LogP) is 7.20. The van der Waals surface area contributed by atoms with E-state index in [2.05, 4.69) is 36.2 Å². The molecule has 0 aromatic heterocycles. The summed E-state index contributed by atoms with van der Waals surface area (Å²) in [5, 5.41) is 51.2. The zero-order valence-corrected chi connectivity index (χ0v) is 43.3. The molecule has 6 aliphatic rings. The number of allylic oxidation sites excluding steroid dienone is 2. The highest BCUT2D eigenvalue weighted by atomic mass is 16.7. The van der Waals surface area contributed by atoms with Crippen LogP contribution in [-0.4, -0.2) is 124 Å². The van der Waals surface area contributed by atoms with Crippen LogP contribution in [0.25, 0.3) is 10.8 Å². The fourth-order valence-electron chi connectivity index (χ4n) is 11.3. The molecule has 9 rings (SSSR count). The van der Waals surface area contributed by atoms with Gasteiger partial charge in [0.05, 0.1) is 40.9 Å². The fourth-order valence-corrected chi connectivity index (χ4v) is 11.3. The Labute approximate surface area is 422 Å². The number of hydrogen-bond acceptors (Lipinski definition) is 14. The van der Waals surface area contributed by atoms with Gasteiger partial charge in [-0.25, -0.2) is 4.79 Å². The standard InChI is InChI=1S/C56H73N5O11/c1-30(2)29-60-26-22-56(23-27-60)58-43-40-41-48(64)36(8)51-42(40)52(66)55(9,72-51)70-28-21-39(69-10)33(5)50(71-54(68)61-24-19-38(20-25-61)37-17-12-11-13-18-37)35(7)47(63)34(6)46(62)31(3)15-14-16-32(4)53(67)57-45(49(41)65)44(43)59-56/h11-18,21,28,30-31,33-35,38-39,46-47,50,62-65H,19-20,22-27,29H2,1-10H3,(H,57,67)/b15-14+,28-21+,32-16-/t31?,33-,34-,35-,39+,46+,47-,50-,55+/m1/s1. The molecule has 6 aliphatic heterocycles. The summed E-state index contributed by atoms with van der Waals surface area (Å²) in [6, 6.07) is 10.2. The topological polar surface area (TPSA) is 212 Å². The normalized spacial score (nSPS) is 31.0. The van der Waals surface area contributed by atoms with Gasteiger partial charge in [0.15, 0.2) is 11.4 Å². The Morgan fingerprint density at radius 2 is 1.56 bits per heavy atom. The summed E-state index contributed by atoms with van der Waals surface area (Å²) in [4.78, 5) is 57.6.